The van der Waals surface area contributed by atoms with Crippen molar-refractivity contribution in [3.05, 3.63) is 36.0 Å². The van der Waals surface area contributed by atoms with Crippen LogP contribution in [0, 0.1) is 5.92 Å². The molecule has 3 heteroatoms. The van der Waals surface area contributed by atoms with Crippen molar-refractivity contribution in [2.24, 2.45) is 5.92 Å². The molecule has 2 aromatic rings. The fourth-order valence-electron chi connectivity index (χ4n) is 2.13. The van der Waals surface area contributed by atoms with Gasteiger partial charge in [0.05, 0.1) is 6.61 Å². The lowest BCUT2D eigenvalue weighted by Crippen LogP contribution is -2.14. The van der Waals surface area contributed by atoms with Crippen LogP contribution in [0.4, 0.5) is 0 Å². The van der Waals surface area contributed by atoms with Crippen LogP contribution in [0.25, 0.3) is 10.8 Å². The average molecular weight is 272 g/mol. The summed E-state index contributed by atoms with van der Waals surface area (Å²) in [6, 6.07) is 8.33. The van der Waals surface area contributed by atoms with Crippen molar-refractivity contribution < 1.29 is 4.74 Å². The van der Waals surface area contributed by atoms with Gasteiger partial charge in [-0.3, -0.25) is 0 Å². The van der Waals surface area contributed by atoms with Gasteiger partial charge < -0.3 is 10.1 Å². The lowest BCUT2D eigenvalue weighted by Gasteiger charge is -2.13. The smallest absolute Gasteiger partial charge is 0.221 e. The fourth-order valence-corrected chi connectivity index (χ4v) is 2.13. The topological polar surface area (TPSA) is 34.2 Å². The van der Waals surface area contributed by atoms with E-state index in [0.29, 0.717) is 12.5 Å². The van der Waals surface area contributed by atoms with Crippen LogP contribution in [0.1, 0.15) is 32.8 Å². The maximum absolute atomic E-state index is 5.83. The Hall–Kier alpha value is -1.61. The van der Waals surface area contributed by atoms with E-state index in [1.165, 1.54) is 10.9 Å². The number of pyridine rings is 1. The summed E-state index contributed by atoms with van der Waals surface area (Å²) < 4.78 is 5.83. The van der Waals surface area contributed by atoms with Crippen LogP contribution >= 0.6 is 0 Å². The first-order valence-corrected chi connectivity index (χ1v) is 7.42. The molecule has 108 valence electrons. The molecule has 20 heavy (non-hydrogen) atoms. The number of hydrogen-bond donors (Lipinski definition) is 1. The highest BCUT2D eigenvalue weighted by atomic mass is 16.5. The summed E-state index contributed by atoms with van der Waals surface area (Å²) in [5.41, 5.74) is 1.23. The third kappa shape index (κ3) is 3.70. The van der Waals surface area contributed by atoms with E-state index < -0.39 is 0 Å². The zero-order valence-corrected chi connectivity index (χ0v) is 12.6. The van der Waals surface area contributed by atoms with E-state index in [4.69, 9.17) is 4.74 Å². The van der Waals surface area contributed by atoms with Gasteiger partial charge in [0, 0.05) is 18.1 Å². The number of nitrogens with zero attached hydrogens (tertiary/aromatic N) is 1. The molecule has 0 aliphatic heterocycles. The van der Waals surface area contributed by atoms with Crippen molar-refractivity contribution >= 4 is 10.8 Å². The summed E-state index contributed by atoms with van der Waals surface area (Å²) in [5, 5.41) is 5.76. The Morgan fingerprint density at radius 3 is 2.65 bits per heavy atom. The highest BCUT2D eigenvalue weighted by molar-refractivity contribution is 5.89. The Bertz CT molecular complexity index is 552. The molecule has 3 nitrogen and oxygen atoms in total. The van der Waals surface area contributed by atoms with Crippen molar-refractivity contribution in [1.29, 1.82) is 0 Å². The second-order valence-electron chi connectivity index (χ2n) is 5.52. The summed E-state index contributed by atoms with van der Waals surface area (Å²) in [6.07, 6.45) is 3.07. The number of fused-ring (bicyclic) bond motifs is 1. The Morgan fingerprint density at radius 2 is 1.95 bits per heavy atom. The molecule has 0 bridgehead atoms. The minimum absolute atomic E-state index is 0.501. The molecule has 1 aromatic carbocycles. The molecule has 1 heterocycles. The van der Waals surface area contributed by atoms with E-state index in [1.807, 2.05) is 12.3 Å². The molecule has 0 aliphatic carbocycles. The maximum Gasteiger partial charge on any atom is 0.221 e. The van der Waals surface area contributed by atoms with E-state index in [1.54, 1.807) is 0 Å². The lowest BCUT2D eigenvalue weighted by molar-refractivity contribution is 0.264. The SMILES string of the molecule is CCCNCc1cnc(OCC(C)C)c2ccccc12. The predicted molar refractivity (Wildman–Crippen MR) is 84.1 cm³/mol. The maximum atomic E-state index is 5.83. The van der Waals surface area contributed by atoms with E-state index in [9.17, 15) is 0 Å². The molecule has 0 amide bonds. The van der Waals surface area contributed by atoms with Crippen LogP contribution in [0.15, 0.2) is 30.5 Å². The van der Waals surface area contributed by atoms with Crippen LogP contribution < -0.4 is 10.1 Å². The second kappa shape index (κ2) is 7.25. The molecule has 0 aliphatic rings. The predicted octanol–water partition coefficient (Wildman–Crippen LogP) is 3.77. The molecular weight excluding hydrogens is 248 g/mol. The molecule has 0 saturated carbocycles. The minimum Gasteiger partial charge on any atom is -0.477 e. The molecule has 0 fully saturated rings. The molecule has 0 atom stereocenters. The van der Waals surface area contributed by atoms with Crippen molar-refractivity contribution in [2.45, 2.75) is 33.7 Å². The molecule has 0 spiro atoms. The Morgan fingerprint density at radius 1 is 1.20 bits per heavy atom. The number of hydrogen-bond acceptors (Lipinski definition) is 3. The van der Waals surface area contributed by atoms with Gasteiger partial charge in [-0.15, -0.1) is 0 Å². The van der Waals surface area contributed by atoms with Gasteiger partial charge >= 0.3 is 0 Å². The first-order chi connectivity index (χ1) is 9.72. The quantitative estimate of drug-likeness (QED) is 0.779. The van der Waals surface area contributed by atoms with Crippen LogP contribution in [-0.2, 0) is 6.54 Å². The van der Waals surface area contributed by atoms with Crippen molar-refractivity contribution in [2.75, 3.05) is 13.2 Å². The molecular formula is C17H24N2O. The fraction of sp³-hybridized carbons (Fsp3) is 0.471. The molecule has 0 radical (unpaired) electrons. The summed E-state index contributed by atoms with van der Waals surface area (Å²) in [5.74, 6) is 1.25. The standard InChI is InChI=1S/C17H24N2O/c1-4-9-18-10-14-11-19-17(20-12-13(2)3)16-8-6-5-7-15(14)16/h5-8,11,13,18H,4,9-10,12H2,1-3H3. The number of aromatic nitrogens is 1. The third-order valence-corrected chi connectivity index (χ3v) is 3.14. The number of rotatable bonds is 7. The van der Waals surface area contributed by atoms with E-state index in [-0.39, 0.29) is 0 Å². The normalized spacial score (nSPS) is 11.2. The van der Waals surface area contributed by atoms with Crippen LogP contribution in [0.3, 0.4) is 0 Å². The third-order valence-electron chi connectivity index (χ3n) is 3.14. The first-order valence-electron chi connectivity index (χ1n) is 7.42. The minimum atomic E-state index is 0.501. The largest absolute Gasteiger partial charge is 0.477 e. The van der Waals surface area contributed by atoms with Gasteiger partial charge in [-0.2, -0.15) is 0 Å². The molecule has 0 unspecified atom stereocenters. The van der Waals surface area contributed by atoms with Crippen LogP contribution in [0.5, 0.6) is 5.88 Å². The van der Waals surface area contributed by atoms with E-state index in [2.05, 4.69) is 49.3 Å². The molecule has 1 aromatic heterocycles. The zero-order chi connectivity index (χ0) is 14.4. The Kier molecular flexibility index (Phi) is 5.36. The lowest BCUT2D eigenvalue weighted by atomic mass is 10.1. The number of nitrogens with one attached hydrogen (secondary N) is 1. The van der Waals surface area contributed by atoms with Crippen LogP contribution in [0.2, 0.25) is 0 Å². The Labute approximate surface area is 121 Å². The van der Waals surface area contributed by atoms with E-state index >= 15 is 0 Å². The van der Waals surface area contributed by atoms with Crippen molar-refractivity contribution in [3.63, 3.8) is 0 Å². The van der Waals surface area contributed by atoms with Gasteiger partial charge in [0.15, 0.2) is 0 Å². The highest BCUT2D eigenvalue weighted by Crippen LogP contribution is 2.26. The van der Waals surface area contributed by atoms with Gasteiger partial charge in [-0.05, 0) is 35.9 Å². The number of ether oxygens (including phenoxy) is 1. The van der Waals surface area contributed by atoms with Crippen molar-refractivity contribution in [1.82, 2.24) is 10.3 Å². The van der Waals surface area contributed by atoms with Gasteiger partial charge in [0.25, 0.3) is 0 Å². The van der Waals surface area contributed by atoms with Gasteiger partial charge in [-0.1, -0.05) is 39.0 Å². The summed E-state index contributed by atoms with van der Waals surface area (Å²) in [7, 11) is 0. The second-order valence-corrected chi connectivity index (χ2v) is 5.52. The van der Waals surface area contributed by atoms with Gasteiger partial charge in [0.2, 0.25) is 5.88 Å². The van der Waals surface area contributed by atoms with Crippen molar-refractivity contribution in [3.8, 4) is 5.88 Å². The average Bonchev–Trinajstić information content (AvgIpc) is 2.46. The summed E-state index contributed by atoms with van der Waals surface area (Å²) >= 11 is 0. The Balaban J connectivity index is 2.26. The first kappa shape index (κ1) is 14.8. The van der Waals surface area contributed by atoms with Gasteiger partial charge in [-0.25, -0.2) is 4.98 Å². The number of benzene rings is 1. The highest BCUT2D eigenvalue weighted by Gasteiger charge is 2.08. The summed E-state index contributed by atoms with van der Waals surface area (Å²) in [4.78, 5) is 4.50. The van der Waals surface area contributed by atoms with E-state index in [0.717, 1.165) is 30.8 Å². The monoisotopic (exact) mass is 272 g/mol. The summed E-state index contributed by atoms with van der Waals surface area (Å²) in [6.45, 7) is 9.04. The molecule has 0 saturated heterocycles. The van der Waals surface area contributed by atoms with Gasteiger partial charge in [0.1, 0.15) is 0 Å². The molecule has 2 rings (SSSR count). The zero-order valence-electron chi connectivity index (χ0n) is 12.6. The van der Waals surface area contributed by atoms with Crippen LogP contribution in [-0.4, -0.2) is 18.1 Å². The molecule has 1 N–H and O–H groups in total.